The first-order valence-electron chi connectivity index (χ1n) is 5.76. The van der Waals surface area contributed by atoms with Gasteiger partial charge in [0.1, 0.15) is 24.2 Å². The van der Waals surface area contributed by atoms with E-state index < -0.39 is 16.9 Å². The monoisotopic (exact) mass is 276 g/mol. The van der Waals surface area contributed by atoms with Gasteiger partial charge in [0.05, 0.1) is 10.6 Å². The van der Waals surface area contributed by atoms with Gasteiger partial charge in [0.15, 0.2) is 0 Å². The smallest absolute Gasteiger partial charge is 0.307 e. The molecule has 0 aliphatic rings. The average molecular weight is 276 g/mol. The van der Waals surface area contributed by atoms with Gasteiger partial charge in [-0.3, -0.25) is 19.6 Å². The quantitative estimate of drug-likeness (QED) is 0.501. The number of amides is 1. The Morgan fingerprint density at radius 3 is 2.80 bits per heavy atom. The lowest BCUT2D eigenvalue weighted by Crippen LogP contribution is -2.24. The Morgan fingerprint density at radius 2 is 2.20 bits per heavy atom. The molecule has 0 spiro atoms. The van der Waals surface area contributed by atoms with E-state index >= 15 is 0 Å². The predicted octanol–water partition coefficient (Wildman–Crippen LogP) is 1.70. The summed E-state index contributed by atoms with van der Waals surface area (Å²) in [5, 5.41) is 26.4. The van der Waals surface area contributed by atoms with E-state index in [0.717, 1.165) is 6.20 Å². The molecule has 1 heterocycles. The number of anilines is 1. The summed E-state index contributed by atoms with van der Waals surface area (Å²) < 4.78 is 1.19. The summed E-state index contributed by atoms with van der Waals surface area (Å²) in [7, 11) is 0. The van der Waals surface area contributed by atoms with Crippen LogP contribution in [0.1, 0.15) is 13.0 Å². The number of phenols is 1. The number of para-hydroxylation sites is 2. The van der Waals surface area contributed by atoms with Crippen LogP contribution in [-0.4, -0.2) is 25.7 Å². The molecule has 0 bridgehead atoms. The topological polar surface area (TPSA) is 110 Å². The minimum absolute atomic E-state index is 0.0560. The summed E-state index contributed by atoms with van der Waals surface area (Å²) >= 11 is 0. The first-order valence-corrected chi connectivity index (χ1v) is 5.76. The summed E-state index contributed by atoms with van der Waals surface area (Å²) in [6.07, 6.45) is 2.25. The van der Waals surface area contributed by atoms with Gasteiger partial charge in [-0.25, -0.2) is 0 Å². The standard InChI is InChI=1S/C12H12N4O4/c1-8(15-7-9(6-13-15)16(19)20)12(18)14-10-4-2-3-5-11(10)17/h2-8,17H,1H3,(H,14,18). The summed E-state index contributed by atoms with van der Waals surface area (Å²) in [6.45, 7) is 1.55. The Morgan fingerprint density at radius 1 is 1.50 bits per heavy atom. The fourth-order valence-electron chi connectivity index (χ4n) is 1.57. The molecular formula is C12H12N4O4. The lowest BCUT2D eigenvalue weighted by molar-refractivity contribution is -0.385. The molecule has 104 valence electrons. The molecule has 1 aromatic heterocycles. The van der Waals surface area contributed by atoms with Crippen molar-refractivity contribution in [3.63, 3.8) is 0 Å². The number of hydrogen-bond acceptors (Lipinski definition) is 5. The normalized spacial score (nSPS) is 11.8. The number of aromatic hydroxyl groups is 1. The number of nitrogens with zero attached hydrogens (tertiary/aromatic N) is 3. The summed E-state index contributed by atoms with van der Waals surface area (Å²) in [5.74, 6) is -0.496. The third-order valence-electron chi connectivity index (χ3n) is 2.74. The second kappa shape index (κ2) is 5.39. The van der Waals surface area contributed by atoms with Crippen LogP contribution in [0.15, 0.2) is 36.7 Å². The number of aromatic nitrogens is 2. The van der Waals surface area contributed by atoms with E-state index in [1.165, 1.54) is 16.9 Å². The largest absolute Gasteiger partial charge is 0.506 e. The number of hydrogen-bond donors (Lipinski definition) is 2. The summed E-state index contributed by atoms with van der Waals surface area (Å²) in [5.41, 5.74) is 0.0817. The molecule has 2 rings (SSSR count). The number of carbonyl (C=O) groups is 1. The van der Waals surface area contributed by atoms with Crippen molar-refractivity contribution in [3.8, 4) is 5.75 Å². The molecule has 0 radical (unpaired) electrons. The van der Waals surface area contributed by atoms with Gasteiger partial charge in [-0.05, 0) is 19.1 Å². The van der Waals surface area contributed by atoms with Crippen LogP contribution in [0.25, 0.3) is 0 Å². The molecule has 0 saturated heterocycles. The van der Waals surface area contributed by atoms with Crippen LogP contribution in [0.3, 0.4) is 0 Å². The van der Waals surface area contributed by atoms with E-state index in [2.05, 4.69) is 10.4 Å². The van der Waals surface area contributed by atoms with Crippen LogP contribution in [0, 0.1) is 10.1 Å². The lowest BCUT2D eigenvalue weighted by Gasteiger charge is -2.12. The zero-order chi connectivity index (χ0) is 14.7. The molecule has 1 amide bonds. The number of nitro groups is 1. The minimum Gasteiger partial charge on any atom is -0.506 e. The van der Waals surface area contributed by atoms with Crippen molar-refractivity contribution in [2.24, 2.45) is 0 Å². The fourth-order valence-corrected chi connectivity index (χ4v) is 1.57. The van der Waals surface area contributed by atoms with E-state index in [1.807, 2.05) is 0 Å². The van der Waals surface area contributed by atoms with Crippen LogP contribution in [0.4, 0.5) is 11.4 Å². The Bertz CT molecular complexity index is 652. The van der Waals surface area contributed by atoms with Crippen molar-refractivity contribution in [1.29, 1.82) is 0 Å². The molecule has 0 aliphatic carbocycles. The second-order valence-electron chi connectivity index (χ2n) is 4.12. The van der Waals surface area contributed by atoms with Crippen LogP contribution >= 0.6 is 0 Å². The maximum Gasteiger partial charge on any atom is 0.307 e. The molecule has 1 unspecified atom stereocenters. The van der Waals surface area contributed by atoms with E-state index in [9.17, 15) is 20.0 Å². The van der Waals surface area contributed by atoms with Crippen LogP contribution in [0.5, 0.6) is 5.75 Å². The average Bonchev–Trinajstić information content (AvgIpc) is 2.90. The van der Waals surface area contributed by atoms with Crippen molar-refractivity contribution in [2.45, 2.75) is 13.0 Å². The van der Waals surface area contributed by atoms with Gasteiger partial charge in [0, 0.05) is 0 Å². The molecule has 20 heavy (non-hydrogen) atoms. The van der Waals surface area contributed by atoms with Gasteiger partial charge in [-0.15, -0.1) is 0 Å². The molecule has 1 aromatic carbocycles. The molecular weight excluding hydrogens is 264 g/mol. The summed E-state index contributed by atoms with van der Waals surface area (Å²) in [4.78, 5) is 22.0. The highest BCUT2D eigenvalue weighted by Crippen LogP contribution is 2.23. The Kier molecular flexibility index (Phi) is 3.65. The molecule has 1 atom stereocenters. The van der Waals surface area contributed by atoms with E-state index in [1.54, 1.807) is 25.1 Å². The number of benzene rings is 1. The Balaban J connectivity index is 2.12. The van der Waals surface area contributed by atoms with Crippen molar-refractivity contribution in [2.75, 3.05) is 5.32 Å². The van der Waals surface area contributed by atoms with Crippen LogP contribution < -0.4 is 5.32 Å². The third-order valence-corrected chi connectivity index (χ3v) is 2.74. The maximum absolute atomic E-state index is 12.0. The van der Waals surface area contributed by atoms with Crippen molar-refractivity contribution in [1.82, 2.24) is 9.78 Å². The van der Waals surface area contributed by atoms with Crippen LogP contribution in [-0.2, 0) is 4.79 Å². The molecule has 2 aromatic rings. The zero-order valence-corrected chi connectivity index (χ0v) is 10.6. The van der Waals surface area contributed by atoms with Gasteiger partial charge in [-0.2, -0.15) is 5.10 Å². The number of nitrogens with one attached hydrogen (secondary N) is 1. The van der Waals surface area contributed by atoms with Gasteiger partial charge in [0.25, 0.3) is 0 Å². The zero-order valence-electron chi connectivity index (χ0n) is 10.6. The van der Waals surface area contributed by atoms with Gasteiger partial charge < -0.3 is 10.4 Å². The van der Waals surface area contributed by atoms with Crippen molar-refractivity contribution in [3.05, 3.63) is 46.8 Å². The molecule has 2 N–H and O–H groups in total. The third kappa shape index (κ3) is 2.74. The maximum atomic E-state index is 12.0. The minimum atomic E-state index is -0.747. The molecule has 0 aliphatic heterocycles. The van der Waals surface area contributed by atoms with E-state index in [-0.39, 0.29) is 17.1 Å². The fraction of sp³-hybridized carbons (Fsp3) is 0.167. The number of rotatable bonds is 4. The van der Waals surface area contributed by atoms with Crippen molar-refractivity contribution < 1.29 is 14.8 Å². The molecule has 0 fully saturated rings. The first-order chi connectivity index (χ1) is 9.49. The summed E-state index contributed by atoms with van der Waals surface area (Å²) in [6, 6.07) is 5.54. The van der Waals surface area contributed by atoms with Gasteiger partial charge in [-0.1, -0.05) is 12.1 Å². The second-order valence-corrected chi connectivity index (χ2v) is 4.12. The van der Waals surface area contributed by atoms with E-state index in [4.69, 9.17) is 0 Å². The predicted molar refractivity (Wildman–Crippen MR) is 70.3 cm³/mol. The highest BCUT2D eigenvalue weighted by Gasteiger charge is 2.19. The molecule has 0 saturated carbocycles. The highest BCUT2D eigenvalue weighted by molar-refractivity contribution is 5.94. The van der Waals surface area contributed by atoms with Gasteiger partial charge in [0.2, 0.25) is 5.91 Å². The first kappa shape index (κ1) is 13.5. The van der Waals surface area contributed by atoms with Crippen LogP contribution in [0.2, 0.25) is 0 Å². The lowest BCUT2D eigenvalue weighted by atomic mass is 10.2. The molecule has 8 nitrogen and oxygen atoms in total. The van der Waals surface area contributed by atoms with Gasteiger partial charge >= 0.3 is 5.69 Å². The SMILES string of the molecule is CC(C(=O)Nc1ccccc1O)n1cc([N+](=O)[O-])cn1. The van der Waals surface area contributed by atoms with Crippen molar-refractivity contribution >= 4 is 17.3 Å². The Hall–Kier alpha value is -2.90. The number of carbonyl (C=O) groups excluding carboxylic acids is 1. The van der Waals surface area contributed by atoms with E-state index in [0.29, 0.717) is 0 Å². The Labute approximate surface area is 113 Å². The molecule has 8 heteroatoms. The number of phenolic OH excluding ortho intramolecular Hbond substituents is 1. The highest BCUT2D eigenvalue weighted by atomic mass is 16.6.